The Bertz CT molecular complexity index is 864. The summed E-state index contributed by atoms with van der Waals surface area (Å²) in [6.45, 7) is 5.56. The number of methoxy groups -OCH3 is 2. The van der Waals surface area contributed by atoms with Gasteiger partial charge in [-0.15, -0.1) is 0 Å². The minimum absolute atomic E-state index is 0.0737. The molecule has 0 radical (unpaired) electrons. The monoisotopic (exact) mass is 411 g/mol. The minimum Gasteiger partial charge on any atom is -0.497 e. The van der Waals surface area contributed by atoms with Gasteiger partial charge in [-0.1, -0.05) is 12.1 Å². The number of aryl methyl sites for hydroxylation is 2. The molecule has 1 fully saturated rings. The lowest BCUT2D eigenvalue weighted by Gasteiger charge is -2.26. The van der Waals surface area contributed by atoms with Crippen molar-refractivity contribution in [2.24, 2.45) is 0 Å². The molecule has 3 rings (SSSR count). The Morgan fingerprint density at radius 2 is 1.87 bits per heavy atom. The number of unbranched alkanes of at least 4 members (excludes halogenated alkanes) is 1. The molecule has 2 aromatic rings. The highest BCUT2D eigenvalue weighted by atomic mass is 16.5. The van der Waals surface area contributed by atoms with Gasteiger partial charge in [0.15, 0.2) is 0 Å². The second kappa shape index (κ2) is 10.4. The summed E-state index contributed by atoms with van der Waals surface area (Å²) in [5.74, 6) is 2.69. The molecule has 30 heavy (non-hydrogen) atoms. The molecule has 1 heterocycles. The third kappa shape index (κ3) is 5.26. The van der Waals surface area contributed by atoms with E-state index in [9.17, 15) is 4.79 Å². The Kier molecular flexibility index (Phi) is 7.61. The molecule has 0 aromatic heterocycles. The standard InChI is InChI=1S/C25H33NO4/c1-18-10-11-19(2)23(16-18)30-15-6-5-9-25(27)26-14-7-8-22(26)21-13-12-20(28-3)17-24(21)29-4/h10-13,16-17,22H,5-9,14-15H2,1-4H3. The highest BCUT2D eigenvalue weighted by Crippen LogP contribution is 2.39. The third-order valence-electron chi connectivity index (χ3n) is 5.76. The molecule has 0 spiro atoms. The van der Waals surface area contributed by atoms with Crippen LogP contribution in [0.15, 0.2) is 36.4 Å². The zero-order valence-electron chi connectivity index (χ0n) is 18.6. The number of carbonyl (C=O) groups is 1. The van der Waals surface area contributed by atoms with E-state index < -0.39 is 0 Å². The molecule has 1 saturated heterocycles. The summed E-state index contributed by atoms with van der Waals surface area (Å²) < 4.78 is 16.8. The van der Waals surface area contributed by atoms with Crippen LogP contribution in [0.4, 0.5) is 0 Å². The summed E-state index contributed by atoms with van der Waals surface area (Å²) in [4.78, 5) is 14.9. The number of nitrogens with zero attached hydrogens (tertiary/aromatic N) is 1. The van der Waals surface area contributed by atoms with E-state index in [1.165, 1.54) is 5.56 Å². The van der Waals surface area contributed by atoms with E-state index >= 15 is 0 Å². The van der Waals surface area contributed by atoms with Gasteiger partial charge in [0.05, 0.1) is 26.9 Å². The van der Waals surface area contributed by atoms with Gasteiger partial charge in [-0.25, -0.2) is 0 Å². The number of hydrogen-bond donors (Lipinski definition) is 0. The lowest BCUT2D eigenvalue weighted by molar-refractivity contribution is -0.132. The van der Waals surface area contributed by atoms with Crippen molar-refractivity contribution in [3.05, 3.63) is 53.1 Å². The molecule has 0 N–H and O–H groups in total. The van der Waals surface area contributed by atoms with Gasteiger partial charge in [-0.05, 0) is 68.9 Å². The summed E-state index contributed by atoms with van der Waals surface area (Å²) in [5, 5.41) is 0. The number of carbonyl (C=O) groups excluding carboxylic acids is 1. The number of ether oxygens (including phenoxy) is 3. The Morgan fingerprint density at radius 1 is 1.03 bits per heavy atom. The van der Waals surface area contributed by atoms with Gasteiger partial charge < -0.3 is 19.1 Å². The molecule has 1 aliphatic heterocycles. The van der Waals surface area contributed by atoms with Crippen LogP contribution in [0.2, 0.25) is 0 Å². The van der Waals surface area contributed by atoms with Crippen LogP contribution in [0.1, 0.15) is 54.8 Å². The fraction of sp³-hybridized carbons (Fsp3) is 0.480. The first-order valence-electron chi connectivity index (χ1n) is 10.7. The average Bonchev–Trinajstić information content (AvgIpc) is 3.25. The fourth-order valence-corrected chi connectivity index (χ4v) is 4.05. The largest absolute Gasteiger partial charge is 0.497 e. The van der Waals surface area contributed by atoms with Crippen LogP contribution in [0.25, 0.3) is 0 Å². The van der Waals surface area contributed by atoms with Crippen molar-refractivity contribution >= 4 is 5.91 Å². The predicted molar refractivity (Wildman–Crippen MR) is 118 cm³/mol. The van der Waals surface area contributed by atoms with Crippen LogP contribution in [0, 0.1) is 13.8 Å². The van der Waals surface area contributed by atoms with Gasteiger partial charge in [0, 0.05) is 24.6 Å². The second-order valence-electron chi connectivity index (χ2n) is 7.93. The quantitative estimate of drug-likeness (QED) is 0.530. The van der Waals surface area contributed by atoms with Crippen LogP contribution >= 0.6 is 0 Å². The molecule has 5 nitrogen and oxygen atoms in total. The van der Waals surface area contributed by atoms with E-state index in [-0.39, 0.29) is 11.9 Å². The molecule has 1 unspecified atom stereocenters. The molecule has 5 heteroatoms. The van der Waals surface area contributed by atoms with Crippen molar-refractivity contribution in [2.75, 3.05) is 27.4 Å². The van der Waals surface area contributed by atoms with E-state index in [0.29, 0.717) is 13.0 Å². The number of amides is 1. The van der Waals surface area contributed by atoms with Crippen molar-refractivity contribution in [3.63, 3.8) is 0 Å². The van der Waals surface area contributed by atoms with Crippen LogP contribution in [0.3, 0.4) is 0 Å². The van der Waals surface area contributed by atoms with Crippen molar-refractivity contribution in [2.45, 2.75) is 52.0 Å². The maximum absolute atomic E-state index is 12.9. The molecule has 0 bridgehead atoms. The number of benzene rings is 2. The molecular weight excluding hydrogens is 378 g/mol. The number of rotatable bonds is 9. The summed E-state index contributed by atoms with van der Waals surface area (Å²) in [6, 6.07) is 12.2. The van der Waals surface area contributed by atoms with E-state index in [0.717, 1.165) is 60.6 Å². The molecule has 162 valence electrons. The molecule has 2 aromatic carbocycles. The first-order valence-corrected chi connectivity index (χ1v) is 10.7. The molecule has 1 atom stereocenters. The molecule has 0 aliphatic carbocycles. The Hall–Kier alpha value is -2.69. The summed E-state index contributed by atoms with van der Waals surface area (Å²) in [5.41, 5.74) is 3.40. The summed E-state index contributed by atoms with van der Waals surface area (Å²) in [7, 11) is 3.30. The Labute approximate surface area is 179 Å². The number of likely N-dealkylation sites (tertiary alicyclic amines) is 1. The van der Waals surface area contributed by atoms with Gasteiger partial charge in [-0.3, -0.25) is 4.79 Å². The van der Waals surface area contributed by atoms with Gasteiger partial charge in [0.1, 0.15) is 17.2 Å². The number of hydrogen-bond acceptors (Lipinski definition) is 4. The molecule has 1 aliphatic rings. The van der Waals surface area contributed by atoms with Gasteiger partial charge >= 0.3 is 0 Å². The van der Waals surface area contributed by atoms with E-state index in [4.69, 9.17) is 14.2 Å². The molecule has 1 amide bonds. The first-order chi connectivity index (χ1) is 14.5. The smallest absolute Gasteiger partial charge is 0.223 e. The first kappa shape index (κ1) is 22.0. The molecule has 0 saturated carbocycles. The Morgan fingerprint density at radius 3 is 2.63 bits per heavy atom. The maximum Gasteiger partial charge on any atom is 0.223 e. The van der Waals surface area contributed by atoms with E-state index in [2.05, 4.69) is 32.0 Å². The Balaban J connectivity index is 1.52. The van der Waals surface area contributed by atoms with Crippen LogP contribution in [0.5, 0.6) is 17.2 Å². The lowest BCUT2D eigenvalue weighted by Crippen LogP contribution is -2.30. The minimum atomic E-state index is 0.0737. The summed E-state index contributed by atoms with van der Waals surface area (Å²) in [6.07, 6.45) is 4.22. The van der Waals surface area contributed by atoms with Gasteiger partial charge in [0.25, 0.3) is 0 Å². The highest BCUT2D eigenvalue weighted by Gasteiger charge is 2.31. The van der Waals surface area contributed by atoms with E-state index in [1.54, 1.807) is 14.2 Å². The molecular formula is C25H33NO4. The predicted octanol–water partition coefficient (Wildman–Crippen LogP) is 5.23. The SMILES string of the molecule is COc1ccc(C2CCCN2C(=O)CCCCOc2cc(C)ccc2C)c(OC)c1. The van der Waals surface area contributed by atoms with Crippen molar-refractivity contribution in [1.82, 2.24) is 4.90 Å². The van der Waals surface area contributed by atoms with Crippen LogP contribution in [-0.2, 0) is 4.79 Å². The maximum atomic E-state index is 12.9. The van der Waals surface area contributed by atoms with E-state index in [1.807, 2.05) is 23.1 Å². The van der Waals surface area contributed by atoms with Crippen molar-refractivity contribution in [1.29, 1.82) is 0 Å². The van der Waals surface area contributed by atoms with Gasteiger partial charge in [0.2, 0.25) is 5.91 Å². The summed E-state index contributed by atoms with van der Waals surface area (Å²) >= 11 is 0. The third-order valence-corrected chi connectivity index (χ3v) is 5.76. The topological polar surface area (TPSA) is 48.0 Å². The fourth-order valence-electron chi connectivity index (χ4n) is 4.05. The zero-order chi connectivity index (χ0) is 21.5. The van der Waals surface area contributed by atoms with Crippen molar-refractivity contribution in [3.8, 4) is 17.2 Å². The second-order valence-corrected chi connectivity index (χ2v) is 7.93. The normalized spacial score (nSPS) is 15.9. The van der Waals surface area contributed by atoms with Crippen LogP contribution < -0.4 is 14.2 Å². The van der Waals surface area contributed by atoms with Crippen LogP contribution in [-0.4, -0.2) is 38.2 Å². The zero-order valence-corrected chi connectivity index (χ0v) is 18.6. The lowest BCUT2D eigenvalue weighted by atomic mass is 10.0. The highest BCUT2D eigenvalue weighted by molar-refractivity contribution is 5.77. The van der Waals surface area contributed by atoms with Gasteiger partial charge in [-0.2, -0.15) is 0 Å². The average molecular weight is 412 g/mol. The van der Waals surface area contributed by atoms with Crippen molar-refractivity contribution < 1.29 is 19.0 Å².